The van der Waals surface area contributed by atoms with Crippen LogP contribution in [-0.4, -0.2) is 14.8 Å². The number of aromatic nitrogens is 3. The Labute approximate surface area is 110 Å². The molecule has 0 bridgehead atoms. The van der Waals surface area contributed by atoms with Crippen molar-refractivity contribution in [2.75, 3.05) is 0 Å². The van der Waals surface area contributed by atoms with Crippen LogP contribution in [0, 0.1) is 0 Å². The van der Waals surface area contributed by atoms with Gasteiger partial charge in [-0.05, 0) is 28.1 Å². The lowest BCUT2D eigenvalue weighted by Gasteiger charge is -1.95. The van der Waals surface area contributed by atoms with Crippen LogP contribution in [0.3, 0.4) is 0 Å². The van der Waals surface area contributed by atoms with Crippen LogP contribution in [0.1, 0.15) is 5.69 Å². The molecule has 17 heavy (non-hydrogen) atoms. The van der Waals surface area contributed by atoms with Crippen molar-refractivity contribution in [3.63, 3.8) is 0 Å². The average molecular weight is 310 g/mol. The molecule has 0 aliphatic carbocycles. The molecule has 0 aromatic carbocycles. The summed E-state index contributed by atoms with van der Waals surface area (Å²) in [5.74, 6) is 0.808. The zero-order valence-electron chi connectivity index (χ0n) is 8.71. The van der Waals surface area contributed by atoms with Crippen LogP contribution in [0.15, 0.2) is 45.1 Å². The van der Waals surface area contributed by atoms with Gasteiger partial charge in [0.2, 0.25) is 0 Å². The zero-order chi connectivity index (χ0) is 11.7. The Hall–Kier alpha value is -1.40. The molecular weight excluding hydrogens is 302 g/mol. The van der Waals surface area contributed by atoms with E-state index in [4.69, 9.17) is 4.42 Å². The molecule has 0 spiro atoms. The molecule has 3 aromatic heterocycles. The molecule has 4 nitrogen and oxygen atoms in total. The summed E-state index contributed by atoms with van der Waals surface area (Å²) in [6.07, 6.45) is 5.34. The van der Waals surface area contributed by atoms with E-state index in [9.17, 15) is 0 Å². The number of nitrogens with zero attached hydrogens (tertiary/aromatic N) is 3. The van der Waals surface area contributed by atoms with Gasteiger partial charge in [-0.1, -0.05) is 0 Å². The molecule has 3 rings (SSSR count). The lowest BCUT2D eigenvalue weighted by atomic mass is 10.4. The molecule has 3 aromatic rings. The molecule has 0 saturated carbocycles. The zero-order valence-corrected chi connectivity index (χ0v) is 11.1. The SMILES string of the molecule is Brc1cnn(Cc2csc(-c3ccco3)n2)c1. The second-order valence-corrected chi connectivity index (χ2v) is 5.25. The summed E-state index contributed by atoms with van der Waals surface area (Å²) in [5.41, 5.74) is 0.983. The molecule has 0 saturated heterocycles. The van der Waals surface area contributed by atoms with Crippen molar-refractivity contribution in [2.24, 2.45) is 0 Å². The number of rotatable bonds is 3. The third-order valence-corrected chi connectivity index (χ3v) is 3.52. The fourth-order valence-electron chi connectivity index (χ4n) is 1.48. The molecule has 0 amide bonds. The minimum absolute atomic E-state index is 0.669. The molecule has 0 aliphatic rings. The maximum Gasteiger partial charge on any atom is 0.162 e. The summed E-state index contributed by atoms with van der Waals surface area (Å²) in [6, 6.07) is 3.77. The number of hydrogen-bond donors (Lipinski definition) is 0. The topological polar surface area (TPSA) is 43.9 Å². The Morgan fingerprint density at radius 1 is 1.47 bits per heavy atom. The van der Waals surface area contributed by atoms with Crippen LogP contribution in [-0.2, 0) is 6.54 Å². The van der Waals surface area contributed by atoms with E-state index in [2.05, 4.69) is 26.0 Å². The Morgan fingerprint density at radius 2 is 2.41 bits per heavy atom. The number of halogens is 1. The summed E-state index contributed by atoms with van der Waals surface area (Å²) in [6.45, 7) is 0.669. The smallest absolute Gasteiger partial charge is 0.162 e. The van der Waals surface area contributed by atoms with Crippen LogP contribution >= 0.6 is 27.3 Å². The molecule has 0 atom stereocenters. The summed E-state index contributed by atoms with van der Waals surface area (Å²) in [7, 11) is 0. The van der Waals surface area contributed by atoms with E-state index in [1.165, 1.54) is 0 Å². The van der Waals surface area contributed by atoms with Crippen molar-refractivity contribution < 1.29 is 4.42 Å². The fourth-order valence-corrected chi connectivity index (χ4v) is 2.59. The van der Waals surface area contributed by atoms with E-state index in [0.29, 0.717) is 6.54 Å². The van der Waals surface area contributed by atoms with Crippen LogP contribution in [0.2, 0.25) is 0 Å². The van der Waals surface area contributed by atoms with Crippen molar-refractivity contribution >= 4 is 27.3 Å². The van der Waals surface area contributed by atoms with Gasteiger partial charge in [-0.15, -0.1) is 11.3 Å². The Morgan fingerprint density at radius 3 is 3.12 bits per heavy atom. The first-order chi connectivity index (χ1) is 8.31. The maximum atomic E-state index is 5.31. The first kappa shape index (κ1) is 10.7. The van der Waals surface area contributed by atoms with E-state index in [-0.39, 0.29) is 0 Å². The molecule has 0 aliphatic heterocycles. The first-order valence-corrected chi connectivity index (χ1v) is 6.65. The van der Waals surface area contributed by atoms with E-state index < -0.39 is 0 Å². The van der Waals surface area contributed by atoms with E-state index >= 15 is 0 Å². The van der Waals surface area contributed by atoms with Gasteiger partial charge in [0.1, 0.15) is 0 Å². The maximum absolute atomic E-state index is 5.31. The highest BCUT2D eigenvalue weighted by molar-refractivity contribution is 9.10. The van der Waals surface area contributed by atoms with Gasteiger partial charge in [0.05, 0.1) is 29.2 Å². The monoisotopic (exact) mass is 309 g/mol. The molecule has 6 heteroatoms. The van der Waals surface area contributed by atoms with Gasteiger partial charge in [-0.2, -0.15) is 5.10 Å². The highest BCUT2D eigenvalue weighted by Gasteiger charge is 2.07. The Kier molecular flexibility index (Phi) is 2.82. The Bertz CT molecular complexity index is 614. The predicted octanol–water partition coefficient (Wildman–Crippen LogP) is 3.41. The average Bonchev–Trinajstić information content (AvgIpc) is 3.00. The highest BCUT2D eigenvalue weighted by Crippen LogP contribution is 2.24. The van der Waals surface area contributed by atoms with Gasteiger partial charge in [0, 0.05) is 11.6 Å². The summed E-state index contributed by atoms with van der Waals surface area (Å²) >= 11 is 4.94. The predicted molar refractivity (Wildman–Crippen MR) is 68.8 cm³/mol. The van der Waals surface area contributed by atoms with Crippen LogP contribution in [0.4, 0.5) is 0 Å². The van der Waals surface area contributed by atoms with Gasteiger partial charge in [-0.3, -0.25) is 4.68 Å². The normalized spacial score (nSPS) is 10.9. The first-order valence-electron chi connectivity index (χ1n) is 4.97. The summed E-state index contributed by atoms with van der Waals surface area (Å²) < 4.78 is 8.11. The van der Waals surface area contributed by atoms with Gasteiger partial charge < -0.3 is 4.42 Å². The fraction of sp³-hybridized carbons (Fsp3) is 0.0909. The lowest BCUT2D eigenvalue weighted by Crippen LogP contribution is -1.99. The number of hydrogen-bond acceptors (Lipinski definition) is 4. The van der Waals surface area contributed by atoms with Crippen molar-refractivity contribution in [1.29, 1.82) is 0 Å². The number of thiazole rings is 1. The summed E-state index contributed by atoms with van der Waals surface area (Å²) in [5, 5.41) is 7.11. The van der Waals surface area contributed by atoms with Crippen molar-refractivity contribution in [3.8, 4) is 10.8 Å². The largest absolute Gasteiger partial charge is 0.462 e. The van der Waals surface area contributed by atoms with Crippen molar-refractivity contribution in [3.05, 3.63) is 46.3 Å². The van der Waals surface area contributed by atoms with Gasteiger partial charge in [0.15, 0.2) is 10.8 Å². The van der Waals surface area contributed by atoms with Crippen LogP contribution < -0.4 is 0 Å². The minimum atomic E-state index is 0.669. The minimum Gasteiger partial charge on any atom is -0.462 e. The molecule has 3 heterocycles. The van der Waals surface area contributed by atoms with Crippen molar-refractivity contribution in [2.45, 2.75) is 6.54 Å². The van der Waals surface area contributed by atoms with E-state index in [1.54, 1.807) is 23.8 Å². The van der Waals surface area contributed by atoms with E-state index in [0.717, 1.165) is 20.9 Å². The standard InChI is InChI=1S/C11H8BrN3OS/c12-8-4-13-15(5-8)6-9-7-17-11(14-9)10-2-1-3-16-10/h1-5,7H,6H2. The second kappa shape index (κ2) is 4.46. The highest BCUT2D eigenvalue weighted by atomic mass is 79.9. The Balaban J connectivity index is 1.81. The van der Waals surface area contributed by atoms with Crippen LogP contribution in [0.25, 0.3) is 10.8 Å². The summed E-state index contributed by atoms with van der Waals surface area (Å²) in [4.78, 5) is 4.51. The quantitative estimate of drug-likeness (QED) is 0.744. The molecule has 0 radical (unpaired) electrons. The third kappa shape index (κ3) is 2.32. The lowest BCUT2D eigenvalue weighted by molar-refractivity contribution is 0.581. The van der Waals surface area contributed by atoms with Crippen LogP contribution in [0.5, 0.6) is 0 Å². The van der Waals surface area contributed by atoms with Gasteiger partial charge in [0.25, 0.3) is 0 Å². The molecule has 0 N–H and O–H groups in total. The van der Waals surface area contributed by atoms with Gasteiger partial charge >= 0.3 is 0 Å². The van der Waals surface area contributed by atoms with Crippen molar-refractivity contribution in [1.82, 2.24) is 14.8 Å². The molecular formula is C11H8BrN3OS. The molecule has 0 unspecified atom stereocenters. The van der Waals surface area contributed by atoms with Gasteiger partial charge in [-0.25, -0.2) is 4.98 Å². The number of furan rings is 1. The molecule has 0 fully saturated rings. The third-order valence-electron chi connectivity index (χ3n) is 2.21. The van der Waals surface area contributed by atoms with E-state index in [1.807, 2.05) is 28.4 Å². The molecule has 86 valence electrons. The second-order valence-electron chi connectivity index (χ2n) is 3.48.